The van der Waals surface area contributed by atoms with Crippen LogP contribution in [0.4, 0.5) is 4.79 Å². The third-order valence-corrected chi connectivity index (χ3v) is 6.92. The van der Waals surface area contributed by atoms with Gasteiger partial charge in [0.2, 0.25) is 0 Å². The Morgan fingerprint density at radius 1 is 0.950 bits per heavy atom. The van der Waals surface area contributed by atoms with Crippen molar-refractivity contribution in [2.75, 3.05) is 13.1 Å². The molecule has 7 nitrogen and oxygen atoms in total. The molecule has 0 aliphatic carbocycles. The molecule has 1 aromatic heterocycles. The molecule has 1 aliphatic rings. The van der Waals surface area contributed by atoms with E-state index in [0.717, 1.165) is 33.2 Å². The minimum absolute atomic E-state index is 0.00664. The van der Waals surface area contributed by atoms with Crippen LogP contribution in [0.5, 0.6) is 5.75 Å². The zero-order valence-electron chi connectivity index (χ0n) is 23.2. The van der Waals surface area contributed by atoms with Crippen LogP contribution in [0.2, 0.25) is 0 Å². The fourth-order valence-corrected chi connectivity index (χ4v) is 4.88. The molecule has 1 aliphatic heterocycles. The Morgan fingerprint density at radius 3 is 2.38 bits per heavy atom. The maximum Gasteiger partial charge on any atom is 0.407 e. The molecule has 1 N–H and O–H groups in total. The molecule has 1 fully saturated rings. The number of carbonyl (C=O) groups excluding carboxylic acids is 2. The molecule has 206 valence electrons. The Bertz CT molecular complexity index is 1470. The van der Waals surface area contributed by atoms with Crippen LogP contribution in [0.1, 0.15) is 49.5 Å². The van der Waals surface area contributed by atoms with Crippen molar-refractivity contribution in [2.24, 2.45) is 0 Å². The molecule has 0 radical (unpaired) electrons. The number of piperidine rings is 1. The monoisotopic (exact) mass is 537 g/mol. The summed E-state index contributed by atoms with van der Waals surface area (Å²) in [4.78, 5) is 31.8. The maximum absolute atomic E-state index is 13.4. The third-order valence-electron chi connectivity index (χ3n) is 6.92. The summed E-state index contributed by atoms with van der Waals surface area (Å²) in [6, 6.07) is 23.8. The molecule has 2 heterocycles. The lowest BCUT2D eigenvalue weighted by atomic mass is 9.98. The van der Waals surface area contributed by atoms with Gasteiger partial charge < -0.3 is 19.7 Å². The van der Waals surface area contributed by atoms with Crippen LogP contribution in [0.15, 0.2) is 85.2 Å². The highest BCUT2D eigenvalue weighted by molar-refractivity contribution is 6.02. The first kappa shape index (κ1) is 27.2. The number of pyridine rings is 1. The second-order valence-electron chi connectivity index (χ2n) is 11.1. The lowest BCUT2D eigenvalue weighted by Crippen LogP contribution is -2.47. The van der Waals surface area contributed by atoms with Gasteiger partial charge in [-0.1, -0.05) is 48.5 Å². The van der Waals surface area contributed by atoms with Crippen molar-refractivity contribution < 1.29 is 19.1 Å². The van der Waals surface area contributed by atoms with E-state index in [-0.39, 0.29) is 11.9 Å². The number of hydrogen-bond acceptors (Lipinski definition) is 5. The van der Waals surface area contributed by atoms with Gasteiger partial charge >= 0.3 is 6.09 Å². The van der Waals surface area contributed by atoms with Crippen molar-refractivity contribution in [1.82, 2.24) is 15.2 Å². The molecular weight excluding hydrogens is 502 g/mol. The van der Waals surface area contributed by atoms with E-state index in [0.29, 0.717) is 38.1 Å². The van der Waals surface area contributed by atoms with Gasteiger partial charge in [0.05, 0.1) is 0 Å². The van der Waals surface area contributed by atoms with Crippen LogP contribution in [-0.4, -0.2) is 46.6 Å². The Labute approximate surface area is 235 Å². The predicted octanol–water partition coefficient (Wildman–Crippen LogP) is 6.61. The minimum Gasteiger partial charge on any atom is -0.489 e. The van der Waals surface area contributed by atoms with Gasteiger partial charge in [0.1, 0.15) is 18.0 Å². The minimum atomic E-state index is -0.538. The normalized spacial score (nSPS) is 14.1. The van der Waals surface area contributed by atoms with E-state index in [1.54, 1.807) is 0 Å². The summed E-state index contributed by atoms with van der Waals surface area (Å²) < 4.78 is 11.3. The summed E-state index contributed by atoms with van der Waals surface area (Å²) in [6.07, 6.45) is 4.62. The standard InChI is InChI=1S/C33H35N3O4/c1-33(2,3)40-32(38)35-27-15-17-36(18-16-27)31(37)25-9-10-26-20-34-21-30(29(26)19-25)24-11-13-28(14-12-24)39-22-23-7-5-4-6-8-23/h4-14,19-21,27H,15-18,22H2,1-3H3,(H,35,38). The molecular formula is C33H35N3O4. The average molecular weight is 538 g/mol. The van der Waals surface area contributed by atoms with E-state index in [2.05, 4.69) is 10.3 Å². The number of likely N-dealkylation sites (tertiary alicyclic amines) is 1. The molecule has 0 bridgehead atoms. The van der Waals surface area contributed by atoms with Crippen molar-refractivity contribution in [3.8, 4) is 16.9 Å². The predicted molar refractivity (Wildman–Crippen MR) is 156 cm³/mol. The number of nitrogens with one attached hydrogen (secondary N) is 1. The third kappa shape index (κ3) is 6.78. The van der Waals surface area contributed by atoms with Gasteiger partial charge in [-0.15, -0.1) is 0 Å². The van der Waals surface area contributed by atoms with Crippen LogP contribution >= 0.6 is 0 Å². The van der Waals surface area contributed by atoms with Crippen LogP contribution in [0, 0.1) is 0 Å². The average Bonchev–Trinajstić information content (AvgIpc) is 2.95. The number of hydrogen-bond donors (Lipinski definition) is 1. The summed E-state index contributed by atoms with van der Waals surface area (Å²) in [5.74, 6) is 0.784. The topological polar surface area (TPSA) is 80.8 Å². The van der Waals surface area contributed by atoms with E-state index >= 15 is 0 Å². The first-order valence-electron chi connectivity index (χ1n) is 13.7. The summed E-state index contributed by atoms with van der Waals surface area (Å²) in [6.45, 7) is 7.19. The number of ether oxygens (including phenoxy) is 2. The number of aromatic nitrogens is 1. The SMILES string of the molecule is CC(C)(C)OC(=O)NC1CCN(C(=O)c2ccc3cncc(-c4ccc(OCc5ccccc5)cc4)c3c2)CC1. The molecule has 0 saturated carbocycles. The summed E-state index contributed by atoms with van der Waals surface area (Å²) in [5.41, 5.74) is 3.18. The smallest absolute Gasteiger partial charge is 0.407 e. The first-order valence-corrected chi connectivity index (χ1v) is 13.7. The molecule has 2 amide bonds. The Kier molecular flexibility index (Phi) is 8.01. The number of rotatable bonds is 6. The summed E-state index contributed by atoms with van der Waals surface area (Å²) >= 11 is 0. The van der Waals surface area contributed by atoms with Crippen LogP contribution in [0.25, 0.3) is 21.9 Å². The largest absolute Gasteiger partial charge is 0.489 e. The van der Waals surface area contributed by atoms with Gasteiger partial charge in [0.15, 0.2) is 0 Å². The van der Waals surface area contributed by atoms with Gasteiger partial charge in [0, 0.05) is 48.0 Å². The van der Waals surface area contributed by atoms with E-state index in [9.17, 15) is 9.59 Å². The zero-order valence-corrected chi connectivity index (χ0v) is 23.2. The fraction of sp³-hybridized carbons (Fsp3) is 0.303. The molecule has 0 atom stereocenters. The Balaban J connectivity index is 1.26. The van der Waals surface area contributed by atoms with Gasteiger partial charge in [-0.25, -0.2) is 4.79 Å². The van der Waals surface area contributed by atoms with Gasteiger partial charge in [-0.05, 0) is 74.4 Å². The maximum atomic E-state index is 13.4. The highest BCUT2D eigenvalue weighted by atomic mass is 16.6. The highest BCUT2D eigenvalue weighted by Crippen LogP contribution is 2.30. The van der Waals surface area contributed by atoms with Crippen molar-refractivity contribution in [2.45, 2.75) is 51.9 Å². The van der Waals surface area contributed by atoms with E-state index in [1.165, 1.54) is 0 Å². The fourth-order valence-electron chi connectivity index (χ4n) is 4.88. The molecule has 7 heteroatoms. The molecule has 0 unspecified atom stereocenters. The molecule has 40 heavy (non-hydrogen) atoms. The van der Waals surface area contributed by atoms with Crippen LogP contribution < -0.4 is 10.1 Å². The van der Waals surface area contributed by atoms with E-state index in [1.807, 2.05) is 111 Å². The van der Waals surface area contributed by atoms with Gasteiger partial charge in [-0.2, -0.15) is 0 Å². The van der Waals surface area contributed by atoms with Crippen LogP contribution in [-0.2, 0) is 11.3 Å². The first-order chi connectivity index (χ1) is 19.2. The Hall–Kier alpha value is -4.39. The Morgan fingerprint density at radius 2 is 1.68 bits per heavy atom. The number of fused-ring (bicyclic) bond motifs is 1. The molecule has 4 aromatic rings. The van der Waals surface area contributed by atoms with E-state index < -0.39 is 11.7 Å². The quantitative estimate of drug-likeness (QED) is 0.299. The second-order valence-corrected chi connectivity index (χ2v) is 11.1. The molecule has 0 spiro atoms. The van der Waals surface area contributed by atoms with E-state index in [4.69, 9.17) is 9.47 Å². The molecule has 5 rings (SSSR count). The zero-order chi connectivity index (χ0) is 28.1. The van der Waals surface area contributed by atoms with Crippen molar-refractivity contribution in [3.05, 3.63) is 96.3 Å². The number of alkyl carbamates (subject to hydrolysis) is 1. The number of carbonyl (C=O) groups is 2. The number of nitrogens with zero attached hydrogens (tertiary/aromatic N) is 2. The van der Waals surface area contributed by atoms with Gasteiger partial charge in [0.25, 0.3) is 5.91 Å². The van der Waals surface area contributed by atoms with Crippen LogP contribution in [0.3, 0.4) is 0 Å². The van der Waals surface area contributed by atoms with Gasteiger partial charge in [-0.3, -0.25) is 9.78 Å². The molecule has 1 saturated heterocycles. The summed E-state index contributed by atoms with van der Waals surface area (Å²) in [5, 5.41) is 4.87. The van der Waals surface area contributed by atoms with Crippen molar-refractivity contribution >= 4 is 22.8 Å². The second kappa shape index (κ2) is 11.8. The number of amides is 2. The summed E-state index contributed by atoms with van der Waals surface area (Å²) in [7, 11) is 0. The highest BCUT2D eigenvalue weighted by Gasteiger charge is 2.26. The molecule has 3 aromatic carbocycles. The lowest BCUT2D eigenvalue weighted by molar-refractivity contribution is 0.0473. The van der Waals surface area contributed by atoms with Crippen molar-refractivity contribution in [1.29, 1.82) is 0 Å². The number of benzene rings is 3. The van der Waals surface area contributed by atoms with Crippen molar-refractivity contribution in [3.63, 3.8) is 0 Å². The lowest BCUT2D eigenvalue weighted by Gasteiger charge is -2.33.